The number of aromatic amines is 1. The van der Waals surface area contributed by atoms with E-state index in [-0.39, 0.29) is 0 Å². The first-order valence-corrected chi connectivity index (χ1v) is 8.26. The van der Waals surface area contributed by atoms with Crippen LogP contribution in [0.5, 0.6) is 0 Å². The van der Waals surface area contributed by atoms with Gasteiger partial charge in [0, 0.05) is 22.8 Å². The Balaban J connectivity index is 1.77. The van der Waals surface area contributed by atoms with Crippen LogP contribution in [0.2, 0.25) is 0 Å². The summed E-state index contributed by atoms with van der Waals surface area (Å²) in [7, 11) is 0. The number of H-pyrrole nitrogens is 1. The lowest BCUT2D eigenvalue weighted by Gasteiger charge is -2.12. The van der Waals surface area contributed by atoms with Crippen molar-refractivity contribution >= 4 is 28.2 Å². The van der Waals surface area contributed by atoms with Gasteiger partial charge in [0.2, 0.25) is 0 Å². The molecular weight excluding hydrogens is 326 g/mol. The summed E-state index contributed by atoms with van der Waals surface area (Å²) in [5.74, 6) is 2.12. The molecule has 2 N–H and O–H groups in total. The summed E-state index contributed by atoms with van der Waals surface area (Å²) in [5.41, 5.74) is 4.06. The second kappa shape index (κ2) is 5.66. The molecule has 0 fully saturated rings. The standard InChI is InChI=1S/C19H15N7/c1-12-24-25-19-23-18(22-15-5-3-2-4-6-15)16-8-7-13(9-17(16)26(12)19)14-10-20-21-11-14/h2-11H,1H3,(H,20,21)(H,22,23,25). The number of rotatable bonds is 3. The van der Waals surface area contributed by atoms with Crippen molar-refractivity contribution < 1.29 is 0 Å². The molecule has 2 aromatic carbocycles. The lowest BCUT2D eigenvalue weighted by atomic mass is 10.1. The Labute approximate surface area is 148 Å². The number of fused-ring (bicyclic) bond motifs is 3. The quantitative estimate of drug-likeness (QED) is 0.522. The number of aryl methyl sites for hydroxylation is 1. The van der Waals surface area contributed by atoms with Crippen LogP contribution in [0.4, 0.5) is 11.5 Å². The maximum absolute atomic E-state index is 4.67. The summed E-state index contributed by atoms with van der Waals surface area (Å²) in [5, 5.41) is 19.7. The number of benzene rings is 2. The van der Waals surface area contributed by atoms with Crippen LogP contribution in [-0.2, 0) is 0 Å². The van der Waals surface area contributed by atoms with Gasteiger partial charge in [0.25, 0.3) is 5.78 Å². The average molecular weight is 341 g/mol. The normalized spacial score (nSPS) is 11.3. The number of anilines is 2. The fourth-order valence-corrected chi connectivity index (χ4v) is 3.12. The zero-order valence-corrected chi connectivity index (χ0v) is 14.0. The molecule has 126 valence electrons. The van der Waals surface area contributed by atoms with E-state index in [1.165, 1.54) is 0 Å². The third-order valence-electron chi connectivity index (χ3n) is 4.38. The van der Waals surface area contributed by atoms with Crippen LogP contribution < -0.4 is 5.32 Å². The maximum Gasteiger partial charge on any atom is 0.257 e. The molecular formula is C19H15N7. The molecule has 0 aliphatic rings. The van der Waals surface area contributed by atoms with Gasteiger partial charge in [0.1, 0.15) is 11.6 Å². The van der Waals surface area contributed by atoms with Crippen LogP contribution in [0.3, 0.4) is 0 Å². The predicted molar refractivity (Wildman–Crippen MR) is 100 cm³/mol. The number of hydrogen-bond donors (Lipinski definition) is 2. The molecule has 3 aromatic heterocycles. The number of aromatic nitrogens is 6. The summed E-state index contributed by atoms with van der Waals surface area (Å²) in [6, 6.07) is 16.2. The second-order valence-corrected chi connectivity index (χ2v) is 6.05. The van der Waals surface area contributed by atoms with Crippen molar-refractivity contribution in [2.75, 3.05) is 5.32 Å². The van der Waals surface area contributed by atoms with E-state index < -0.39 is 0 Å². The first-order chi connectivity index (χ1) is 12.8. The molecule has 0 unspecified atom stereocenters. The molecule has 5 rings (SSSR count). The first-order valence-electron chi connectivity index (χ1n) is 8.26. The molecule has 0 saturated heterocycles. The number of nitrogens with zero attached hydrogens (tertiary/aromatic N) is 5. The Kier molecular flexibility index (Phi) is 3.18. The smallest absolute Gasteiger partial charge is 0.257 e. The molecule has 0 aliphatic heterocycles. The fraction of sp³-hybridized carbons (Fsp3) is 0.0526. The maximum atomic E-state index is 4.67. The monoisotopic (exact) mass is 341 g/mol. The molecule has 5 aromatic rings. The molecule has 0 spiro atoms. The zero-order valence-electron chi connectivity index (χ0n) is 14.0. The second-order valence-electron chi connectivity index (χ2n) is 6.05. The summed E-state index contributed by atoms with van der Waals surface area (Å²) < 4.78 is 1.97. The van der Waals surface area contributed by atoms with Crippen LogP contribution >= 0.6 is 0 Å². The van der Waals surface area contributed by atoms with Crippen molar-refractivity contribution in [3.63, 3.8) is 0 Å². The summed E-state index contributed by atoms with van der Waals surface area (Å²) >= 11 is 0. The minimum Gasteiger partial charge on any atom is -0.340 e. The highest BCUT2D eigenvalue weighted by atomic mass is 15.3. The van der Waals surface area contributed by atoms with Crippen molar-refractivity contribution in [3.8, 4) is 11.1 Å². The SMILES string of the molecule is Cc1nnc2nc(Nc3ccccc3)c3ccc(-c4cn[nH]c4)cc3n12. The molecule has 0 bridgehead atoms. The van der Waals surface area contributed by atoms with Gasteiger partial charge in [0.05, 0.1) is 11.7 Å². The van der Waals surface area contributed by atoms with Crippen molar-refractivity contribution in [2.45, 2.75) is 6.92 Å². The summed E-state index contributed by atoms with van der Waals surface area (Å²) in [6.07, 6.45) is 3.68. The molecule has 0 aliphatic carbocycles. The molecule has 0 saturated carbocycles. The van der Waals surface area contributed by atoms with Crippen molar-refractivity contribution in [1.82, 2.24) is 29.8 Å². The fourth-order valence-electron chi connectivity index (χ4n) is 3.12. The Hall–Kier alpha value is -3.74. The number of hydrogen-bond acceptors (Lipinski definition) is 5. The third kappa shape index (κ3) is 2.29. The van der Waals surface area contributed by atoms with Gasteiger partial charge in [-0.1, -0.05) is 24.3 Å². The minimum absolute atomic E-state index is 0.567. The van der Waals surface area contributed by atoms with E-state index in [4.69, 9.17) is 0 Å². The Morgan fingerprint density at radius 3 is 2.69 bits per heavy atom. The van der Waals surface area contributed by atoms with E-state index in [9.17, 15) is 0 Å². The topological polar surface area (TPSA) is 83.8 Å². The van der Waals surface area contributed by atoms with E-state index in [0.717, 1.165) is 39.4 Å². The predicted octanol–water partition coefficient (Wildman–Crippen LogP) is 3.72. The van der Waals surface area contributed by atoms with Crippen LogP contribution in [0, 0.1) is 6.92 Å². The van der Waals surface area contributed by atoms with Gasteiger partial charge in [-0.15, -0.1) is 10.2 Å². The van der Waals surface area contributed by atoms with Gasteiger partial charge in [0.15, 0.2) is 0 Å². The number of para-hydroxylation sites is 1. The molecule has 0 atom stereocenters. The number of nitrogens with one attached hydrogen (secondary N) is 2. The van der Waals surface area contributed by atoms with Crippen LogP contribution in [0.1, 0.15) is 5.82 Å². The van der Waals surface area contributed by atoms with Crippen LogP contribution in [-0.4, -0.2) is 29.8 Å². The Morgan fingerprint density at radius 2 is 1.88 bits per heavy atom. The molecule has 26 heavy (non-hydrogen) atoms. The zero-order chi connectivity index (χ0) is 17.5. The highest BCUT2D eigenvalue weighted by Gasteiger charge is 2.13. The van der Waals surface area contributed by atoms with Gasteiger partial charge in [-0.2, -0.15) is 10.1 Å². The lowest BCUT2D eigenvalue weighted by molar-refractivity contribution is 1.02. The van der Waals surface area contributed by atoms with Gasteiger partial charge < -0.3 is 5.32 Å². The van der Waals surface area contributed by atoms with Gasteiger partial charge >= 0.3 is 0 Å². The van der Waals surface area contributed by atoms with E-state index in [0.29, 0.717) is 5.78 Å². The van der Waals surface area contributed by atoms with Crippen molar-refractivity contribution in [3.05, 3.63) is 66.7 Å². The molecule has 0 radical (unpaired) electrons. The Morgan fingerprint density at radius 1 is 1.00 bits per heavy atom. The minimum atomic E-state index is 0.567. The highest BCUT2D eigenvalue weighted by molar-refractivity contribution is 5.95. The average Bonchev–Trinajstić information content (AvgIpc) is 3.33. The lowest BCUT2D eigenvalue weighted by Crippen LogP contribution is -2.01. The van der Waals surface area contributed by atoms with Gasteiger partial charge in [-0.3, -0.25) is 9.50 Å². The first kappa shape index (κ1) is 14.6. The summed E-state index contributed by atoms with van der Waals surface area (Å²) in [6.45, 7) is 1.93. The van der Waals surface area contributed by atoms with Crippen LogP contribution in [0.15, 0.2) is 60.9 Å². The molecule has 7 heteroatoms. The van der Waals surface area contributed by atoms with E-state index in [2.05, 4.69) is 48.9 Å². The third-order valence-corrected chi connectivity index (χ3v) is 4.38. The van der Waals surface area contributed by atoms with E-state index in [1.807, 2.05) is 54.0 Å². The largest absolute Gasteiger partial charge is 0.340 e. The van der Waals surface area contributed by atoms with Gasteiger partial charge in [-0.05, 0) is 36.8 Å². The van der Waals surface area contributed by atoms with Crippen molar-refractivity contribution in [2.24, 2.45) is 0 Å². The van der Waals surface area contributed by atoms with Crippen molar-refractivity contribution in [1.29, 1.82) is 0 Å². The van der Waals surface area contributed by atoms with E-state index in [1.54, 1.807) is 0 Å². The van der Waals surface area contributed by atoms with Crippen LogP contribution in [0.25, 0.3) is 27.8 Å². The van der Waals surface area contributed by atoms with Gasteiger partial charge in [-0.25, -0.2) is 0 Å². The highest BCUT2D eigenvalue weighted by Crippen LogP contribution is 2.30. The Bertz CT molecular complexity index is 1210. The van der Waals surface area contributed by atoms with E-state index >= 15 is 0 Å². The molecule has 7 nitrogen and oxygen atoms in total. The summed E-state index contributed by atoms with van der Waals surface area (Å²) in [4.78, 5) is 4.67. The molecule has 3 heterocycles. The molecule has 0 amide bonds.